The molecule has 0 aromatic rings. The number of nitrogens with one attached hydrogen (secondary N) is 1. The third-order valence-corrected chi connectivity index (χ3v) is 5.23. The van der Waals surface area contributed by atoms with Crippen LogP contribution in [0, 0.1) is 5.92 Å². The molecule has 6 heteroatoms. The maximum Gasteiger partial charge on any atom is 0.216 e. The van der Waals surface area contributed by atoms with Gasteiger partial charge in [-0.2, -0.15) is 0 Å². The molecule has 1 fully saturated rings. The minimum absolute atomic E-state index is 0.0779. The minimum Gasteiger partial charge on any atom is -0.378 e. The van der Waals surface area contributed by atoms with Gasteiger partial charge in [-0.05, 0) is 33.2 Å². The molecule has 1 aliphatic rings. The molecule has 1 saturated heterocycles. The number of hydrogen-bond acceptors (Lipinski definition) is 4. The Kier molecular flexibility index (Phi) is 6.04. The quantitative estimate of drug-likeness (QED) is 0.776. The molecule has 108 valence electrons. The summed E-state index contributed by atoms with van der Waals surface area (Å²) in [4.78, 5) is 0. The van der Waals surface area contributed by atoms with Crippen LogP contribution >= 0.6 is 0 Å². The lowest BCUT2D eigenvalue weighted by Gasteiger charge is -2.36. The molecular formula is C12H26N2O3S. The van der Waals surface area contributed by atoms with Crippen molar-refractivity contribution < 1.29 is 13.2 Å². The van der Waals surface area contributed by atoms with Crippen LogP contribution in [0.25, 0.3) is 0 Å². The summed E-state index contributed by atoms with van der Waals surface area (Å²) in [6.07, 6.45) is 0.955. The van der Waals surface area contributed by atoms with Gasteiger partial charge in [0.15, 0.2) is 0 Å². The number of ether oxygens (including phenoxy) is 1. The van der Waals surface area contributed by atoms with Crippen LogP contribution < -0.4 is 5.32 Å². The maximum atomic E-state index is 12.1. The summed E-state index contributed by atoms with van der Waals surface area (Å²) >= 11 is 0. The highest BCUT2D eigenvalue weighted by Crippen LogP contribution is 2.19. The number of piperidine rings is 1. The lowest BCUT2D eigenvalue weighted by Crippen LogP contribution is -2.50. The van der Waals surface area contributed by atoms with E-state index in [-0.39, 0.29) is 18.5 Å². The van der Waals surface area contributed by atoms with Gasteiger partial charge in [0.25, 0.3) is 0 Å². The summed E-state index contributed by atoms with van der Waals surface area (Å²) < 4.78 is 31.2. The van der Waals surface area contributed by atoms with E-state index >= 15 is 0 Å². The van der Waals surface area contributed by atoms with Gasteiger partial charge >= 0.3 is 0 Å². The van der Waals surface area contributed by atoms with Gasteiger partial charge in [0.1, 0.15) is 0 Å². The van der Waals surface area contributed by atoms with Crippen LogP contribution in [0.1, 0.15) is 27.2 Å². The lowest BCUT2D eigenvalue weighted by molar-refractivity contribution is 0.0903. The van der Waals surface area contributed by atoms with Gasteiger partial charge in [-0.15, -0.1) is 0 Å². The highest BCUT2D eigenvalue weighted by atomic mass is 32.2. The second-order valence-corrected chi connectivity index (χ2v) is 7.34. The van der Waals surface area contributed by atoms with Crippen LogP contribution in [0.5, 0.6) is 0 Å². The van der Waals surface area contributed by atoms with E-state index < -0.39 is 10.0 Å². The molecule has 2 atom stereocenters. The van der Waals surface area contributed by atoms with Crippen LogP contribution in [0.3, 0.4) is 0 Å². The van der Waals surface area contributed by atoms with Crippen LogP contribution in [-0.4, -0.2) is 57.4 Å². The Morgan fingerprint density at radius 3 is 2.61 bits per heavy atom. The average Bonchev–Trinajstić information content (AvgIpc) is 2.28. The van der Waals surface area contributed by atoms with E-state index in [0.717, 1.165) is 6.42 Å². The van der Waals surface area contributed by atoms with Gasteiger partial charge < -0.3 is 10.1 Å². The zero-order valence-electron chi connectivity index (χ0n) is 11.8. The van der Waals surface area contributed by atoms with Crippen LogP contribution in [0.2, 0.25) is 0 Å². The molecule has 0 aromatic heterocycles. The molecule has 0 saturated carbocycles. The zero-order chi connectivity index (χ0) is 13.8. The van der Waals surface area contributed by atoms with E-state index in [0.29, 0.717) is 25.0 Å². The fraction of sp³-hybridized carbons (Fsp3) is 1.00. The molecule has 1 heterocycles. The summed E-state index contributed by atoms with van der Waals surface area (Å²) in [6, 6.07) is 0.420. The second kappa shape index (κ2) is 6.84. The van der Waals surface area contributed by atoms with E-state index in [9.17, 15) is 8.42 Å². The molecule has 1 aliphatic heterocycles. The van der Waals surface area contributed by atoms with Crippen molar-refractivity contribution in [2.24, 2.45) is 5.92 Å². The molecule has 5 nitrogen and oxygen atoms in total. The average molecular weight is 278 g/mol. The summed E-state index contributed by atoms with van der Waals surface area (Å²) in [5, 5.41) is 3.24. The van der Waals surface area contributed by atoms with Gasteiger partial charge in [-0.3, -0.25) is 0 Å². The van der Waals surface area contributed by atoms with Crippen molar-refractivity contribution >= 4 is 10.0 Å². The molecule has 0 amide bonds. The highest BCUT2D eigenvalue weighted by Gasteiger charge is 2.31. The van der Waals surface area contributed by atoms with Gasteiger partial charge in [0, 0.05) is 19.1 Å². The zero-order valence-corrected chi connectivity index (χ0v) is 12.7. The SMILES string of the molecule is CNC1CCN(S(=O)(=O)CCOC(C)C)CC1C. The van der Waals surface area contributed by atoms with Crippen LogP contribution in [0.4, 0.5) is 0 Å². The topological polar surface area (TPSA) is 58.6 Å². The minimum atomic E-state index is -3.16. The summed E-state index contributed by atoms with van der Waals surface area (Å²) in [5.74, 6) is 0.437. The highest BCUT2D eigenvalue weighted by molar-refractivity contribution is 7.89. The third kappa shape index (κ3) is 4.50. The molecule has 0 radical (unpaired) electrons. The van der Waals surface area contributed by atoms with Crippen molar-refractivity contribution in [3.05, 3.63) is 0 Å². The smallest absolute Gasteiger partial charge is 0.216 e. The maximum absolute atomic E-state index is 12.1. The van der Waals surface area contributed by atoms with Crippen LogP contribution in [0.15, 0.2) is 0 Å². The first-order valence-corrected chi connectivity index (χ1v) is 8.24. The second-order valence-electron chi connectivity index (χ2n) is 5.25. The predicted octanol–water partition coefficient (Wildman–Crippen LogP) is 0.671. The molecule has 0 spiro atoms. The van der Waals surface area contributed by atoms with E-state index in [4.69, 9.17) is 4.74 Å². The van der Waals surface area contributed by atoms with Crippen molar-refractivity contribution in [3.63, 3.8) is 0 Å². The summed E-state index contributed by atoms with van der Waals surface area (Å²) in [7, 11) is -1.23. The van der Waals surface area contributed by atoms with Crippen molar-refractivity contribution in [2.75, 3.05) is 32.5 Å². The van der Waals surface area contributed by atoms with E-state index in [1.165, 1.54) is 0 Å². The number of sulfonamides is 1. The van der Waals surface area contributed by atoms with E-state index in [1.54, 1.807) is 4.31 Å². The van der Waals surface area contributed by atoms with Gasteiger partial charge in [-0.1, -0.05) is 6.92 Å². The van der Waals surface area contributed by atoms with Crippen molar-refractivity contribution in [3.8, 4) is 0 Å². The first-order chi connectivity index (χ1) is 8.36. The third-order valence-electron chi connectivity index (χ3n) is 3.42. The standard InChI is InChI=1S/C12H26N2O3S/c1-10(2)17-7-8-18(15,16)14-6-5-12(13-4)11(3)9-14/h10-13H,5-9H2,1-4H3. The van der Waals surface area contributed by atoms with E-state index in [1.807, 2.05) is 20.9 Å². The molecule has 1 N–H and O–H groups in total. The van der Waals surface area contributed by atoms with Gasteiger partial charge in [0.05, 0.1) is 18.5 Å². The van der Waals surface area contributed by atoms with Crippen molar-refractivity contribution in [1.82, 2.24) is 9.62 Å². The monoisotopic (exact) mass is 278 g/mol. The lowest BCUT2D eigenvalue weighted by atomic mass is 9.96. The first-order valence-electron chi connectivity index (χ1n) is 6.63. The Hall–Kier alpha value is -0.170. The Labute approximate surface area is 111 Å². The Morgan fingerprint density at radius 1 is 1.44 bits per heavy atom. The molecule has 0 aromatic carbocycles. The fourth-order valence-corrected chi connectivity index (χ4v) is 3.72. The molecule has 18 heavy (non-hydrogen) atoms. The Morgan fingerprint density at radius 2 is 2.11 bits per heavy atom. The van der Waals surface area contributed by atoms with Gasteiger partial charge in [0.2, 0.25) is 10.0 Å². The molecule has 2 unspecified atom stereocenters. The largest absolute Gasteiger partial charge is 0.378 e. The fourth-order valence-electron chi connectivity index (χ4n) is 2.31. The van der Waals surface area contributed by atoms with Crippen LogP contribution in [-0.2, 0) is 14.8 Å². The van der Waals surface area contributed by atoms with E-state index in [2.05, 4.69) is 12.2 Å². The number of nitrogens with zero attached hydrogens (tertiary/aromatic N) is 1. The first kappa shape index (κ1) is 15.9. The Bertz CT molecular complexity index is 343. The van der Waals surface area contributed by atoms with Crippen molar-refractivity contribution in [1.29, 1.82) is 0 Å². The van der Waals surface area contributed by atoms with Gasteiger partial charge in [-0.25, -0.2) is 12.7 Å². The Balaban J connectivity index is 2.48. The molecule has 1 rings (SSSR count). The predicted molar refractivity (Wildman–Crippen MR) is 73.1 cm³/mol. The molecule has 0 aliphatic carbocycles. The van der Waals surface area contributed by atoms with Crippen molar-refractivity contribution in [2.45, 2.75) is 39.3 Å². The normalized spacial score (nSPS) is 26.7. The number of rotatable bonds is 6. The molecule has 0 bridgehead atoms. The summed E-state index contributed by atoms with van der Waals surface area (Å²) in [6.45, 7) is 7.41. The summed E-state index contributed by atoms with van der Waals surface area (Å²) in [5.41, 5.74) is 0. The number of hydrogen-bond donors (Lipinski definition) is 1. The molecular weight excluding hydrogens is 252 g/mol.